The quantitative estimate of drug-likeness (QED) is 0.157. The van der Waals surface area contributed by atoms with Crippen LogP contribution in [-0.4, -0.2) is 28.4 Å². The van der Waals surface area contributed by atoms with Crippen LogP contribution in [0.4, 0.5) is 5.13 Å². The molecule has 0 bridgehead atoms. The van der Waals surface area contributed by atoms with Crippen LogP contribution in [0.2, 0.25) is 0 Å². The molecule has 0 spiro atoms. The molecule has 168 valence electrons. The second-order valence-corrected chi connectivity index (χ2v) is 8.05. The number of hydrogen-bond donors (Lipinski definition) is 2. The maximum Gasteiger partial charge on any atom is 0.360 e. The molecule has 0 saturated carbocycles. The fraction of sp³-hybridized carbons (Fsp3) is 0.0769. The van der Waals surface area contributed by atoms with Gasteiger partial charge in [-0.25, -0.2) is 9.78 Å². The van der Waals surface area contributed by atoms with Gasteiger partial charge in [0.1, 0.15) is 17.3 Å². The molecule has 4 rings (SSSR count). The smallest absolute Gasteiger partial charge is 0.360 e. The van der Waals surface area contributed by atoms with Crippen molar-refractivity contribution in [3.63, 3.8) is 0 Å². The molecule has 0 saturated heterocycles. The van der Waals surface area contributed by atoms with E-state index in [2.05, 4.69) is 15.5 Å². The van der Waals surface area contributed by atoms with Crippen LogP contribution in [-0.2, 0) is 15.2 Å². The minimum Gasteiger partial charge on any atom is -0.476 e. The molecule has 7 nitrogen and oxygen atoms in total. The summed E-state index contributed by atoms with van der Waals surface area (Å²) in [4.78, 5) is 21.0. The lowest BCUT2D eigenvalue weighted by molar-refractivity contribution is -0.129. The highest BCUT2D eigenvalue weighted by Gasteiger charge is 2.37. The molecule has 0 unspecified atom stereocenters. The predicted octanol–water partition coefficient (Wildman–Crippen LogP) is 4.88. The van der Waals surface area contributed by atoms with E-state index >= 15 is 0 Å². The number of nitriles is 1. The first-order chi connectivity index (χ1) is 16.6. The fourth-order valence-electron chi connectivity index (χ4n) is 3.70. The Kier molecular flexibility index (Phi) is 6.96. The Morgan fingerprint density at radius 2 is 1.47 bits per heavy atom. The molecule has 1 aromatic heterocycles. The summed E-state index contributed by atoms with van der Waals surface area (Å²) in [5.74, 6) is -1.30. The number of nitrogens with zero attached hydrogens (tertiary/aromatic N) is 3. The van der Waals surface area contributed by atoms with Gasteiger partial charge >= 0.3 is 5.97 Å². The molecule has 0 fully saturated rings. The highest BCUT2D eigenvalue weighted by molar-refractivity contribution is 7.14. The Hall–Kier alpha value is -4.48. The van der Waals surface area contributed by atoms with Crippen LogP contribution in [0.5, 0.6) is 0 Å². The fourth-order valence-corrected chi connectivity index (χ4v) is 4.45. The van der Waals surface area contributed by atoms with E-state index in [1.54, 1.807) is 11.4 Å². The molecule has 0 amide bonds. The maximum absolute atomic E-state index is 11.7. The number of anilines is 1. The lowest BCUT2D eigenvalue weighted by atomic mass is 9.77. The van der Waals surface area contributed by atoms with Gasteiger partial charge in [0.2, 0.25) is 12.3 Å². The number of rotatable bonds is 9. The molecular formula is C26H20N4O3S. The average Bonchev–Trinajstić information content (AvgIpc) is 3.34. The zero-order valence-electron chi connectivity index (χ0n) is 18.0. The molecule has 2 N–H and O–H groups in total. The van der Waals surface area contributed by atoms with Crippen molar-refractivity contribution in [1.29, 1.82) is 5.26 Å². The second kappa shape index (κ2) is 10.4. The van der Waals surface area contributed by atoms with Gasteiger partial charge in [0.15, 0.2) is 5.13 Å². The molecular weight excluding hydrogens is 448 g/mol. The number of benzene rings is 3. The lowest BCUT2D eigenvalue weighted by Crippen LogP contribution is -2.38. The van der Waals surface area contributed by atoms with Gasteiger partial charge < -0.3 is 15.3 Å². The number of carboxylic acids is 1. The zero-order valence-corrected chi connectivity index (χ0v) is 18.8. The SMILES string of the molecule is N#CCON=C(C(=O)O)c1csc(NC(c2ccccc2)(c2ccccc2)c2ccccc2)n1. The van der Waals surface area contributed by atoms with Crippen molar-refractivity contribution in [2.24, 2.45) is 5.16 Å². The van der Waals surface area contributed by atoms with Gasteiger partial charge in [-0.1, -0.05) is 96.2 Å². The van der Waals surface area contributed by atoms with E-state index in [-0.39, 0.29) is 18.0 Å². The monoisotopic (exact) mass is 468 g/mol. The van der Waals surface area contributed by atoms with E-state index in [1.165, 1.54) is 11.3 Å². The first-order valence-electron chi connectivity index (χ1n) is 10.4. The number of carbonyl (C=O) groups is 1. The summed E-state index contributed by atoms with van der Waals surface area (Å²) >= 11 is 1.26. The number of hydrogen-bond acceptors (Lipinski definition) is 7. The summed E-state index contributed by atoms with van der Waals surface area (Å²) in [7, 11) is 0. The van der Waals surface area contributed by atoms with Crippen molar-refractivity contribution in [2.75, 3.05) is 11.9 Å². The highest BCUT2D eigenvalue weighted by atomic mass is 32.1. The zero-order chi connectivity index (χ0) is 23.8. The number of aliphatic carboxylic acids is 1. The Morgan fingerprint density at radius 1 is 0.971 bits per heavy atom. The van der Waals surface area contributed by atoms with Crippen LogP contribution < -0.4 is 5.32 Å². The normalized spacial score (nSPS) is 11.4. The third-order valence-electron chi connectivity index (χ3n) is 5.15. The minimum atomic E-state index is -1.30. The van der Waals surface area contributed by atoms with Gasteiger partial charge in [-0.2, -0.15) is 5.26 Å². The van der Waals surface area contributed by atoms with Crippen LogP contribution in [0, 0.1) is 11.3 Å². The lowest BCUT2D eigenvalue weighted by Gasteiger charge is -2.36. The summed E-state index contributed by atoms with van der Waals surface area (Å²) in [6.45, 7) is -0.356. The summed E-state index contributed by atoms with van der Waals surface area (Å²) < 4.78 is 0. The summed E-state index contributed by atoms with van der Waals surface area (Å²) in [5, 5.41) is 27.4. The van der Waals surface area contributed by atoms with Crippen molar-refractivity contribution < 1.29 is 14.7 Å². The molecule has 4 aromatic rings. The summed E-state index contributed by atoms with van der Waals surface area (Å²) in [6, 6.07) is 31.8. The van der Waals surface area contributed by atoms with Gasteiger partial charge in [0.05, 0.1) is 0 Å². The number of aromatic nitrogens is 1. The Bertz CT molecular complexity index is 1220. The first kappa shape index (κ1) is 22.7. The number of thiazole rings is 1. The highest BCUT2D eigenvalue weighted by Crippen LogP contribution is 2.40. The molecule has 3 aromatic carbocycles. The van der Waals surface area contributed by atoms with Crippen molar-refractivity contribution in [2.45, 2.75) is 5.54 Å². The van der Waals surface area contributed by atoms with Crippen molar-refractivity contribution in [1.82, 2.24) is 4.98 Å². The number of oxime groups is 1. The van der Waals surface area contributed by atoms with E-state index in [9.17, 15) is 9.90 Å². The largest absolute Gasteiger partial charge is 0.476 e. The van der Waals surface area contributed by atoms with Crippen LogP contribution >= 0.6 is 11.3 Å². The molecule has 1 heterocycles. The van der Waals surface area contributed by atoms with E-state index in [0.717, 1.165) is 16.7 Å². The number of nitrogens with one attached hydrogen (secondary N) is 1. The maximum atomic E-state index is 11.7. The Balaban J connectivity index is 1.85. The predicted molar refractivity (Wildman–Crippen MR) is 131 cm³/mol. The van der Waals surface area contributed by atoms with Gasteiger partial charge in [-0.15, -0.1) is 11.3 Å². The Labute approximate surface area is 200 Å². The van der Waals surface area contributed by atoms with Crippen LogP contribution in [0.25, 0.3) is 0 Å². The van der Waals surface area contributed by atoms with E-state index in [4.69, 9.17) is 10.1 Å². The van der Waals surface area contributed by atoms with Crippen LogP contribution in [0.3, 0.4) is 0 Å². The molecule has 8 heteroatoms. The molecule has 0 radical (unpaired) electrons. The van der Waals surface area contributed by atoms with Gasteiger partial charge in [0, 0.05) is 5.38 Å². The summed E-state index contributed by atoms with van der Waals surface area (Å²) in [6.07, 6.45) is 0. The van der Waals surface area contributed by atoms with Gasteiger partial charge in [0.25, 0.3) is 0 Å². The minimum absolute atomic E-state index is 0.140. The van der Waals surface area contributed by atoms with Crippen molar-refractivity contribution >= 4 is 28.1 Å². The van der Waals surface area contributed by atoms with Gasteiger partial charge in [-0.3, -0.25) is 0 Å². The second-order valence-electron chi connectivity index (χ2n) is 7.19. The third-order valence-corrected chi connectivity index (χ3v) is 5.91. The van der Waals surface area contributed by atoms with Crippen molar-refractivity contribution in [3.8, 4) is 6.07 Å². The van der Waals surface area contributed by atoms with Crippen molar-refractivity contribution in [3.05, 3.63) is 119 Å². The topological polar surface area (TPSA) is 108 Å². The Morgan fingerprint density at radius 3 is 1.91 bits per heavy atom. The van der Waals surface area contributed by atoms with Crippen LogP contribution in [0.1, 0.15) is 22.4 Å². The standard InChI is InChI=1S/C26H20N4O3S/c27-16-17-33-30-23(24(31)32)22-18-34-25(28-22)29-26(19-10-4-1-5-11-19,20-12-6-2-7-13-20)21-14-8-3-9-15-21/h1-15,18H,17H2,(H,28,29)(H,31,32). The van der Waals surface area contributed by atoms with E-state index < -0.39 is 11.5 Å². The molecule has 0 aliphatic rings. The third kappa shape index (κ3) is 4.65. The molecule has 0 aliphatic carbocycles. The molecule has 0 aliphatic heterocycles. The first-order valence-corrected chi connectivity index (χ1v) is 11.2. The van der Waals surface area contributed by atoms with E-state index in [1.807, 2.05) is 91.0 Å². The molecule has 34 heavy (non-hydrogen) atoms. The van der Waals surface area contributed by atoms with Crippen LogP contribution in [0.15, 0.2) is 102 Å². The molecule has 0 atom stereocenters. The van der Waals surface area contributed by atoms with Gasteiger partial charge in [-0.05, 0) is 16.7 Å². The van der Waals surface area contributed by atoms with E-state index in [0.29, 0.717) is 5.13 Å². The average molecular weight is 469 g/mol. The summed E-state index contributed by atoms with van der Waals surface area (Å²) in [5.41, 5.74) is 1.96. The number of carboxylic acid groups (broad SMARTS) is 1.